The lowest BCUT2D eigenvalue weighted by Gasteiger charge is -2.34. The summed E-state index contributed by atoms with van der Waals surface area (Å²) in [6.07, 6.45) is 10.1. The van der Waals surface area contributed by atoms with E-state index in [1.807, 2.05) is 60.0 Å². The summed E-state index contributed by atoms with van der Waals surface area (Å²) in [5.74, 6) is 0.102. The van der Waals surface area contributed by atoms with Crippen LogP contribution in [-0.2, 0) is 4.79 Å². The first kappa shape index (κ1) is 20.2. The minimum atomic E-state index is 0.102. The fraction of sp³-hybridized carbons (Fsp3) is 0.360. The predicted octanol–water partition coefficient (Wildman–Crippen LogP) is 4.87. The van der Waals surface area contributed by atoms with E-state index in [1.165, 1.54) is 6.42 Å². The highest BCUT2D eigenvalue weighted by Crippen LogP contribution is 2.30. The van der Waals surface area contributed by atoms with Crippen molar-refractivity contribution in [2.24, 2.45) is 0 Å². The summed E-state index contributed by atoms with van der Waals surface area (Å²) in [6.45, 7) is 3.02. The van der Waals surface area contributed by atoms with Crippen LogP contribution in [0.2, 0.25) is 0 Å². The van der Waals surface area contributed by atoms with Gasteiger partial charge in [-0.3, -0.25) is 4.79 Å². The normalized spacial score (nSPS) is 17.0. The molecule has 0 saturated carbocycles. The van der Waals surface area contributed by atoms with Crippen LogP contribution in [0.25, 0.3) is 22.9 Å². The fourth-order valence-corrected chi connectivity index (χ4v) is 4.29. The number of rotatable bonds is 5. The average molecular weight is 403 g/mol. The minimum Gasteiger partial charge on any atom is -0.378 e. The van der Waals surface area contributed by atoms with Gasteiger partial charge in [0.2, 0.25) is 5.91 Å². The molecule has 0 radical (unpaired) electrons. The van der Waals surface area contributed by atoms with Crippen LogP contribution >= 0.6 is 0 Å². The number of anilines is 1. The smallest absolute Gasteiger partial charge is 0.246 e. The van der Waals surface area contributed by atoms with Crippen LogP contribution in [0.3, 0.4) is 0 Å². The van der Waals surface area contributed by atoms with Crippen molar-refractivity contribution in [3.63, 3.8) is 0 Å². The Morgan fingerprint density at radius 2 is 2.07 bits per heavy atom. The summed E-state index contributed by atoms with van der Waals surface area (Å²) in [6, 6.07) is 14.7. The Balaban J connectivity index is 1.73. The van der Waals surface area contributed by atoms with E-state index in [0.717, 1.165) is 53.8 Å². The zero-order chi connectivity index (χ0) is 21.1. The molecule has 4 rings (SSSR count). The monoisotopic (exact) mass is 402 g/mol. The third-order valence-corrected chi connectivity index (χ3v) is 5.99. The number of carbonyl (C=O) groups excluding carboxylic acids is 1. The van der Waals surface area contributed by atoms with Gasteiger partial charge in [-0.2, -0.15) is 5.10 Å². The van der Waals surface area contributed by atoms with Gasteiger partial charge in [-0.05, 0) is 56.0 Å². The van der Waals surface area contributed by atoms with Crippen molar-refractivity contribution in [1.29, 1.82) is 0 Å². The SMILES string of the molecule is CCC1CCCCN1C(=O)/C=C/c1c(-c2cccc(N(C)C)c2)nn2ccccc12. The minimum absolute atomic E-state index is 0.102. The number of amides is 1. The molecule has 1 aromatic carbocycles. The second-order valence-corrected chi connectivity index (χ2v) is 8.16. The molecular formula is C25H30N4O. The molecule has 1 aliphatic heterocycles. The molecule has 1 atom stereocenters. The van der Waals surface area contributed by atoms with Crippen molar-refractivity contribution in [2.45, 2.75) is 38.6 Å². The Morgan fingerprint density at radius 3 is 2.87 bits per heavy atom. The fourth-order valence-electron chi connectivity index (χ4n) is 4.29. The van der Waals surface area contributed by atoms with Crippen LogP contribution in [-0.4, -0.2) is 47.1 Å². The number of hydrogen-bond donors (Lipinski definition) is 0. The predicted molar refractivity (Wildman–Crippen MR) is 124 cm³/mol. The number of aromatic nitrogens is 2. The molecule has 5 heteroatoms. The highest BCUT2D eigenvalue weighted by molar-refractivity contribution is 5.95. The zero-order valence-electron chi connectivity index (χ0n) is 18.1. The van der Waals surface area contributed by atoms with Gasteiger partial charge in [-0.1, -0.05) is 25.1 Å². The summed E-state index contributed by atoms with van der Waals surface area (Å²) in [5.41, 5.74) is 5.03. The highest BCUT2D eigenvalue weighted by atomic mass is 16.2. The van der Waals surface area contributed by atoms with Gasteiger partial charge in [0, 0.05) is 55.8 Å². The molecule has 1 amide bonds. The van der Waals surface area contributed by atoms with Crippen LogP contribution in [0.1, 0.15) is 38.2 Å². The van der Waals surface area contributed by atoms with Crippen LogP contribution in [0.15, 0.2) is 54.7 Å². The van der Waals surface area contributed by atoms with E-state index in [0.29, 0.717) is 6.04 Å². The van der Waals surface area contributed by atoms with Crippen molar-refractivity contribution in [3.05, 3.63) is 60.3 Å². The molecule has 0 aliphatic carbocycles. The Labute approximate surface area is 178 Å². The number of hydrogen-bond acceptors (Lipinski definition) is 3. The summed E-state index contributed by atoms with van der Waals surface area (Å²) in [5, 5.41) is 4.83. The van der Waals surface area contributed by atoms with E-state index in [-0.39, 0.29) is 5.91 Å². The van der Waals surface area contributed by atoms with Gasteiger partial charge in [0.1, 0.15) is 5.69 Å². The Hall–Kier alpha value is -3.08. The molecule has 0 bridgehead atoms. The Bertz CT molecular complexity index is 1070. The number of pyridine rings is 1. The van der Waals surface area contributed by atoms with Crippen molar-refractivity contribution in [2.75, 3.05) is 25.5 Å². The van der Waals surface area contributed by atoms with Crippen molar-refractivity contribution < 1.29 is 4.79 Å². The first-order valence-corrected chi connectivity index (χ1v) is 10.8. The van der Waals surface area contributed by atoms with Crippen LogP contribution in [0.4, 0.5) is 5.69 Å². The van der Waals surface area contributed by atoms with Crippen molar-refractivity contribution in [3.8, 4) is 11.3 Å². The van der Waals surface area contributed by atoms with Gasteiger partial charge in [0.25, 0.3) is 0 Å². The lowest BCUT2D eigenvalue weighted by molar-refractivity contribution is -0.129. The van der Waals surface area contributed by atoms with Gasteiger partial charge >= 0.3 is 0 Å². The lowest BCUT2D eigenvalue weighted by atomic mass is 9.99. The van der Waals surface area contributed by atoms with E-state index in [1.54, 1.807) is 6.08 Å². The Kier molecular flexibility index (Phi) is 5.88. The molecule has 1 aliphatic rings. The van der Waals surface area contributed by atoms with Crippen molar-refractivity contribution in [1.82, 2.24) is 14.5 Å². The van der Waals surface area contributed by atoms with E-state index in [4.69, 9.17) is 5.10 Å². The highest BCUT2D eigenvalue weighted by Gasteiger charge is 2.24. The molecule has 30 heavy (non-hydrogen) atoms. The topological polar surface area (TPSA) is 40.9 Å². The summed E-state index contributed by atoms with van der Waals surface area (Å²) < 4.78 is 1.89. The van der Waals surface area contributed by atoms with Gasteiger partial charge < -0.3 is 9.80 Å². The molecule has 1 fully saturated rings. The summed E-state index contributed by atoms with van der Waals surface area (Å²) in [4.78, 5) is 17.1. The van der Waals surface area contributed by atoms with E-state index in [2.05, 4.69) is 30.0 Å². The third kappa shape index (κ3) is 3.97. The largest absolute Gasteiger partial charge is 0.378 e. The first-order valence-electron chi connectivity index (χ1n) is 10.8. The van der Waals surface area contributed by atoms with Gasteiger partial charge in [0.15, 0.2) is 0 Å². The standard InChI is InChI=1S/C25H30N4O/c1-4-20-11-5-7-16-28(20)24(30)15-14-22-23-13-6-8-17-29(23)26-25(22)19-10-9-12-21(18-19)27(2)3/h6,8-10,12-15,17-18,20H,4-5,7,11,16H2,1-3H3/b15-14+. The van der Waals surface area contributed by atoms with Gasteiger partial charge in [-0.15, -0.1) is 0 Å². The first-order chi connectivity index (χ1) is 14.6. The molecule has 0 N–H and O–H groups in total. The molecule has 0 spiro atoms. The zero-order valence-corrected chi connectivity index (χ0v) is 18.1. The number of fused-ring (bicyclic) bond motifs is 1. The quantitative estimate of drug-likeness (QED) is 0.572. The molecule has 3 aromatic rings. The molecule has 2 aromatic heterocycles. The third-order valence-electron chi connectivity index (χ3n) is 5.99. The van der Waals surface area contributed by atoms with Crippen LogP contribution in [0, 0.1) is 0 Å². The van der Waals surface area contributed by atoms with Crippen LogP contribution in [0.5, 0.6) is 0 Å². The van der Waals surface area contributed by atoms with E-state index < -0.39 is 0 Å². The number of piperidine rings is 1. The molecule has 5 nitrogen and oxygen atoms in total. The number of nitrogens with zero attached hydrogens (tertiary/aromatic N) is 4. The molecule has 1 unspecified atom stereocenters. The molecule has 1 saturated heterocycles. The maximum Gasteiger partial charge on any atom is 0.246 e. The number of benzene rings is 1. The van der Waals surface area contributed by atoms with E-state index >= 15 is 0 Å². The number of likely N-dealkylation sites (tertiary alicyclic amines) is 1. The number of carbonyl (C=O) groups is 1. The second kappa shape index (κ2) is 8.74. The maximum absolute atomic E-state index is 13.0. The maximum atomic E-state index is 13.0. The summed E-state index contributed by atoms with van der Waals surface area (Å²) in [7, 11) is 4.07. The van der Waals surface area contributed by atoms with Crippen LogP contribution < -0.4 is 4.90 Å². The second-order valence-electron chi connectivity index (χ2n) is 8.16. The molecule has 156 valence electrons. The average Bonchev–Trinajstić information content (AvgIpc) is 3.16. The van der Waals surface area contributed by atoms with E-state index in [9.17, 15) is 4.79 Å². The van der Waals surface area contributed by atoms with Gasteiger partial charge in [-0.25, -0.2) is 4.52 Å². The molecule has 3 heterocycles. The van der Waals surface area contributed by atoms with Gasteiger partial charge in [0.05, 0.1) is 5.52 Å². The summed E-state index contributed by atoms with van der Waals surface area (Å²) >= 11 is 0. The molecular weight excluding hydrogens is 372 g/mol. The van der Waals surface area contributed by atoms with Crippen molar-refractivity contribution >= 4 is 23.2 Å². The lowest BCUT2D eigenvalue weighted by Crippen LogP contribution is -2.42. The Morgan fingerprint density at radius 1 is 1.20 bits per heavy atom.